The Bertz CT molecular complexity index is 952. The van der Waals surface area contributed by atoms with E-state index in [0.717, 1.165) is 15.8 Å². The van der Waals surface area contributed by atoms with Gasteiger partial charge in [0.2, 0.25) is 0 Å². The Morgan fingerprint density at radius 3 is 2.75 bits per heavy atom. The van der Waals surface area contributed by atoms with Crippen LogP contribution in [0.5, 0.6) is 0 Å². The lowest BCUT2D eigenvalue weighted by molar-refractivity contribution is -0.384. The molecule has 2 aromatic carbocycles. The zero-order chi connectivity index (χ0) is 17.3. The molecule has 122 valence electrons. The normalized spacial score (nSPS) is 10.6. The number of amides is 1. The number of anilines is 2. The van der Waals surface area contributed by atoms with E-state index in [2.05, 4.69) is 15.6 Å². The maximum atomic E-state index is 12.4. The van der Waals surface area contributed by atoms with Crippen molar-refractivity contribution >= 4 is 44.0 Å². The van der Waals surface area contributed by atoms with Crippen molar-refractivity contribution in [2.75, 3.05) is 17.7 Å². The summed E-state index contributed by atoms with van der Waals surface area (Å²) in [5.41, 5.74) is 2.28. The lowest BCUT2D eigenvalue weighted by Gasteiger charge is -2.05. The molecule has 3 rings (SSSR count). The molecular weight excluding hydrogens is 328 g/mol. The molecule has 1 heterocycles. The molecule has 0 fully saturated rings. The van der Waals surface area contributed by atoms with Crippen molar-refractivity contribution in [1.82, 2.24) is 4.98 Å². The summed E-state index contributed by atoms with van der Waals surface area (Å²) in [5, 5.41) is 17.0. The second-order valence-corrected chi connectivity index (χ2v) is 6.16. The van der Waals surface area contributed by atoms with Crippen molar-refractivity contribution < 1.29 is 9.72 Å². The van der Waals surface area contributed by atoms with Crippen LogP contribution in [-0.2, 0) is 0 Å². The number of fused-ring (bicyclic) bond motifs is 1. The average Bonchev–Trinajstić information content (AvgIpc) is 2.98. The largest absolute Gasteiger partial charge is 0.383 e. The van der Waals surface area contributed by atoms with Gasteiger partial charge in [-0.05, 0) is 30.7 Å². The van der Waals surface area contributed by atoms with E-state index in [4.69, 9.17) is 0 Å². The molecule has 0 unspecified atom stereocenters. The highest BCUT2D eigenvalue weighted by Crippen LogP contribution is 2.29. The molecular formula is C16H14N4O3S. The molecule has 3 aromatic rings. The molecule has 2 N–H and O–H groups in total. The van der Waals surface area contributed by atoms with Gasteiger partial charge >= 0.3 is 0 Å². The third kappa shape index (κ3) is 2.91. The number of nitro benzene ring substituents is 1. The number of rotatable bonds is 4. The van der Waals surface area contributed by atoms with E-state index in [1.807, 2.05) is 25.1 Å². The van der Waals surface area contributed by atoms with Crippen LogP contribution >= 0.6 is 11.3 Å². The fourth-order valence-corrected chi connectivity index (χ4v) is 3.28. The molecule has 8 heteroatoms. The predicted octanol–water partition coefficient (Wildman–Crippen LogP) is 3.81. The summed E-state index contributed by atoms with van der Waals surface area (Å²) in [7, 11) is 1.59. The Morgan fingerprint density at radius 1 is 1.29 bits per heavy atom. The Balaban J connectivity index is 1.90. The molecule has 0 atom stereocenters. The van der Waals surface area contributed by atoms with Crippen molar-refractivity contribution in [3.8, 4) is 0 Å². The van der Waals surface area contributed by atoms with Crippen LogP contribution in [0.2, 0.25) is 0 Å². The minimum absolute atomic E-state index is 0.148. The van der Waals surface area contributed by atoms with E-state index in [1.165, 1.54) is 29.5 Å². The highest BCUT2D eigenvalue weighted by atomic mass is 32.1. The predicted molar refractivity (Wildman–Crippen MR) is 95.0 cm³/mol. The van der Waals surface area contributed by atoms with Crippen molar-refractivity contribution in [2.24, 2.45) is 0 Å². The van der Waals surface area contributed by atoms with E-state index < -0.39 is 10.8 Å². The second-order valence-electron chi connectivity index (χ2n) is 5.13. The molecule has 0 bridgehead atoms. The van der Waals surface area contributed by atoms with Gasteiger partial charge < -0.3 is 5.32 Å². The molecule has 7 nitrogen and oxygen atoms in total. The van der Waals surface area contributed by atoms with Crippen LogP contribution in [-0.4, -0.2) is 22.9 Å². The highest BCUT2D eigenvalue weighted by molar-refractivity contribution is 7.22. The van der Waals surface area contributed by atoms with Gasteiger partial charge in [-0.25, -0.2) is 4.98 Å². The first-order valence-electron chi connectivity index (χ1n) is 7.13. The van der Waals surface area contributed by atoms with Gasteiger partial charge in [-0.15, -0.1) is 0 Å². The SMILES string of the molecule is CNc1ccc(C(=O)Nc2nc3c(C)cccc3s2)cc1[N+](=O)[O-]. The number of hydrogen-bond donors (Lipinski definition) is 2. The van der Waals surface area contributed by atoms with Crippen molar-refractivity contribution in [2.45, 2.75) is 6.92 Å². The first-order valence-corrected chi connectivity index (χ1v) is 7.95. The summed E-state index contributed by atoms with van der Waals surface area (Å²) in [4.78, 5) is 27.3. The quantitative estimate of drug-likeness (QED) is 0.555. The van der Waals surface area contributed by atoms with Crippen LogP contribution in [0.3, 0.4) is 0 Å². The van der Waals surface area contributed by atoms with Gasteiger partial charge in [0.05, 0.1) is 15.1 Å². The van der Waals surface area contributed by atoms with E-state index >= 15 is 0 Å². The number of nitrogens with one attached hydrogen (secondary N) is 2. The minimum atomic E-state index is -0.524. The number of para-hydroxylation sites is 1. The summed E-state index contributed by atoms with van der Waals surface area (Å²) in [6.07, 6.45) is 0. The summed E-state index contributed by atoms with van der Waals surface area (Å²) < 4.78 is 0.974. The van der Waals surface area contributed by atoms with Gasteiger partial charge in [-0.1, -0.05) is 23.5 Å². The Labute approximate surface area is 141 Å². The average molecular weight is 342 g/mol. The molecule has 1 amide bonds. The summed E-state index contributed by atoms with van der Waals surface area (Å²) in [6, 6.07) is 10.1. The van der Waals surface area contributed by atoms with Crippen molar-refractivity contribution in [3.63, 3.8) is 0 Å². The molecule has 24 heavy (non-hydrogen) atoms. The maximum Gasteiger partial charge on any atom is 0.293 e. The Morgan fingerprint density at radius 2 is 2.08 bits per heavy atom. The molecule has 0 aliphatic carbocycles. The van der Waals surface area contributed by atoms with Crippen molar-refractivity contribution in [1.29, 1.82) is 0 Å². The number of nitro groups is 1. The van der Waals surface area contributed by atoms with Gasteiger partial charge in [0.15, 0.2) is 5.13 Å². The van der Waals surface area contributed by atoms with Gasteiger partial charge in [0, 0.05) is 18.7 Å². The number of thiazole rings is 1. The van der Waals surface area contributed by atoms with Gasteiger partial charge in [0.25, 0.3) is 11.6 Å². The fraction of sp³-hybridized carbons (Fsp3) is 0.125. The lowest BCUT2D eigenvalue weighted by atomic mass is 10.1. The highest BCUT2D eigenvalue weighted by Gasteiger charge is 2.18. The number of aromatic nitrogens is 1. The van der Waals surface area contributed by atoms with Crippen molar-refractivity contribution in [3.05, 3.63) is 57.6 Å². The van der Waals surface area contributed by atoms with E-state index in [9.17, 15) is 14.9 Å². The first-order chi connectivity index (χ1) is 11.5. The lowest BCUT2D eigenvalue weighted by Crippen LogP contribution is -2.12. The number of nitrogens with zero attached hydrogens (tertiary/aromatic N) is 2. The smallest absolute Gasteiger partial charge is 0.293 e. The summed E-state index contributed by atoms with van der Waals surface area (Å²) in [6.45, 7) is 1.95. The molecule has 0 aliphatic heterocycles. The summed E-state index contributed by atoms with van der Waals surface area (Å²) in [5.74, 6) is -0.433. The van der Waals surface area contributed by atoms with Gasteiger partial charge in [-0.3, -0.25) is 20.2 Å². The number of aryl methyl sites for hydroxylation is 1. The third-order valence-electron chi connectivity index (χ3n) is 3.57. The van der Waals surface area contributed by atoms with E-state index in [1.54, 1.807) is 7.05 Å². The van der Waals surface area contributed by atoms with Gasteiger partial charge in [0.1, 0.15) is 5.69 Å². The van der Waals surface area contributed by atoms with Crippen LogP contribution in [0.15, 0.2) is 36.4 Å². The van der Waals surface area contributed by atoms with Crippen LogP contribution in [0.25, 0.3) is 10.2 Å². The van der Waals surface area contributed by atoms with Crippen LogP contribution in [0.4, 0.5) is 16.5 Å². The van der Waals surface area contributed by atoms with Gasteiger partial charge in [-0.2, -0.15) is 0 Å². The zero-order valence-electron chi connectivity index (χ0n) is 13.0. The van der Waals surface area contributed by atoms with Crippen LogP contribution < -0.4 is 10.6 Å². The molecule has 0 radical (unpaired) electrons. The molecule has 0 saturated heterocycles. The monoisotopic (exact) mass is 342 g/mol. The van der Waals surface area contributed by atoms with E-state index in [0.29, 0.717) is 10.8 Å². The molecule has 0 spiro atoms. The Hall–Kier alpha value is -3.00. The number of hydrogen-bond acceptors (Lipinski definition) is 6. The zero-order valence-corrected chi connectivity index (χ0v) is 13.8. The number of carbonyl (C=O) groups is 1. The molecule has 1 aromatic heterocycles. The topological polar surface area (TPSA) is 97.2 Å². The minimum Gasteiger partial charge on any atom is -0.383 e. The number of carbonyl (C=O) groups excluding carboxylic acids is 1. The van der Waals surface area contributed by atoms with Crippen LogP contribution in [0.1, 0.15) is 15.9 Å². The Kier molecular flexibility index (Phi) is 4.13. The fourth-order valence-electron chi connectivity index (χ4n) is 2.34. The second kappa shape index (κ2) is 6.25. The molecule has 0 aliphatic rings. The molecule has 0 saturated carbocycles. The van der Waals surface area contributed by atoms with Crippen LogP contribution in [0, 0.1) is 17.0 Å². The third-order valence-corrected chi connectivity index (χ3v) is 4.50. The first kappa shape index (κ1) is 15.9. The van der Waals surface area contributed by atoms with E-state index in [-0.39, 0.29) is 11.3 Å². The maximum absolute atomic E-state index is 12.4. The number of benzene rings is 2. The standard InChI is InChI=1S/C16H14N4O3S/c1-9-4-3-5-13-14(9)18-16(24-13)19-15(21)10-6-7-11(17-2)12(8-10)20(22)23/h3-8,17H,1-2H3,(H,18,19,21). The summed E-state index contributed by atoms with van der Waals surface area (Å²) >= 11 is 1.36.